The molecule has 1 rings (SSSR count). The summed E-state index contributed by atoms with van der Waals surface area (Å²) < 4.78 is 5.08. The van der Waals surface area contributed by atoms with Crippen LogP contribution in [0.15, 0.2) is 0 Å². The van der Waals surface area contributed by atoms with E-state index in [0.717, 1.165) is 13.0 Å². The molecule has 1 saturated heterocycles. The van der Waals surface area contributed by atoms with E-state index in [1.54, 1.807) is 0 Å². The lowest BCUT2D eigenvalue weighted by molar-refractivity contribution is 0.149. The molecule has 1 aliphatic heterocycles. The van der Waals surface area contributed by atoms with Crippen molar-refractivity contribution in [1.29, 1.82) is 5.26 Å². The molecule has 68 valence electrons. The Hall–Kier alpha value is -0.590. The monoisotopic (exact) mass is 168 g/mol. The minimum Gasteiger partial charge on any atom is -0.366 e. The van der Waals surface area contributed by atoms with Crippen LogP contribution in [-0.4, -0.2) is 25.8 Å². The zero-order valence-corrected chi connectivity index (χ0v) is 7.38. The van der Waals surface area contributed by atoms with Crippen molar-refractivity contribution in [2.24, 2.45) is 0 Å². The van der Waals surface area contributed by atoms with Gasteiger partial charge in [0.25, 0.3) is 0 Å². The van der Waals surface area contributed by atoms with Gasteiger partial charge in [-0.1, -0.05) is 6.42 Å². The van der Waals surface area contributed by atoms with Crippen LogP contribution in [0.1, 0.15) is 25.7 Å². The maximum Gasteiger partial charge on any atom is 0.133 e. The van der Waals surface area contributed by atoms with Crippen molar-refractivity contribution >= 4 is 0 Å². The number of hydrogen-bond donors (Lipinski definition) is 1. The largest absolute Gasteiger partial charge is 0.366 e. The number of nitrogens with one attached hydrogen (secondary N) is 1. The van der Waals surface area contributed by atoms with Gasteiger partial charge in [-0.3, -0.25) is 0 Å². The first kappa shape index (κ1) is 9.50. The van der Waals surface area contributed by atoms with Crippen LogP contribution in [0, 0.1) is 11.3 Å². The summed E-state index contributed by atoms with van der Waals surface area (Å²) in [5, 5.41) is 11.6. The Kier molecular flexibility index (Phi) is 4.74. The number of nitrogens with zero attached hydrogens (tertiary/aromatic N) is 1. The highest BCUT2D eigenvalue weighted by Crippen LogP contribution is 2.09. The van der Waals surface area contributed by atoms with Crippen molar-refractivity contribution in [2.75, 3.05) is 19.8 Å². The molecule has 0 amide bonds. The van der Waals surface area contributed by atoms with E-state index in [1.807, 2.05) is 6.07 Å². The summed E-state index contributed by atoms with van der Waals surface area (Å²) in [5.41, 5.74) is 0. The Labute approximate surface area is 73.7 Å². The van der Waals surface area contributed by atoms with Crippen LogP contribution in [0.5, 0.6) is 0 Å². The first-order chi connectivity index (χ1) is 5.93. The lowest BCUT2D eigenvalue weighted by Gasteiger charge is -2.22. The van der Waals surface area contributed by atoms with Gasteiger partial charge in [-0.05, 0) is 25.8 Å². The molecule has 0 aromatic heterocycles. The molecular weight excluding hydrogens is 152 g/mol. The molecule has 0 aliphatic carbocycles. The van der Waals surface area contributed by atoms with Gasteiger partial charge in [0.15, 0.2) is 0 Å². The Morgan fingerprint density at radius 1 is 1.50 bits per heavy atom. The van der Waals surface area contributed by atoms with Gasteiger partial charge in [0.1, 0.15) is 6.61 Å². The second kappa shape index (κ2) is 5.99. The molecule has 0 aromatic carbocycles. The van der Waals surface area contributed by atoms with E-state index in [9.17, 15) is 0 Å². The van der Waals surface area contributed by atoms with Crippen LogP contribution >= 0.6 is 0 Å². The molecule has 1 unspecified atom stereocenters. The second-order valence-corrected chi connectivity index (χ2v) is 3.15. The summed E-state index contributed by atoms with van der Waals surface area (Å²) in [7, 11) is 0. The molecule has 0 radical (unpaired) electrons. The van der Waals surface area contributed by atoms with Gasteiger partial charge in [0, 0.05) is 12.6 Å². The summed E-state index contributed by atoms with van der Waals surface area (Å²) in [6, 6.07) is 2.59. The van der Waals surface area contributed by atoms with Gasteiger partial charge in [-0.25, -0.2) is 0 Å². The van der Waals surface area contributed by atoms with Gasteiger partial charge in [0.05, 0.1) is 6.07 Å². The van der Waals surface area contributed by atoms with Crippen LogP contribution < -0.4 is 5.32 Å². The summed E-state index contributed by atoms with van der Waals surface area (Å²) in [6.45, 7) is 2.08. The van der Waals surface area contributed by atoms with Gasteiger partial charge in [0.2, 0.25) is 0 Å². The van der Waals surface area contributed by atoms with E-state index in [-0.39, 0.29) is 6.61 Å². The predicted octanol–water partition coefficient (Wildman–Crippen LogP) is 1.06. The van der Waals surface area contributed by atoms with Crippen molar-refractivity contribution in [3.63, 3.8) is 0 Å². The molecular formula is C9H16N2O. The highest BCUT2D eigenvalue weighted by molar-refractivity contribution is 4.72. The Morgan fingerprint density at radius 2 is 2.42 bits per heavy atom. The predicted molar refractivity (Wildman–Crippen MR) is 46.7 cm³/mol. The standard InChI is InChI=1S/C9H16N2O/c10-5-8-12-7-4-9-3-1-2-6-11-9/h9,11H,1-4,6-8H2. The molecule has 1 heterocycles. The van der Waals surface area contributed by atoms with Gasteiger partial charge < -0.3 is 10.1 Å². The van der Waals surface area contributed by atoms with Crippen molar-refractivity contribution in [2.45, 2.75) is 31.7 Å². The fourth-order valence-corrected chi connectivity index (χ4v) is 1.51. The van der Waals surface area contributed by atoms with Gasteiger partial charge in [-0.2, -0.15) is 5.26 Å². The Balaban J connectivity index is 1.95. The molecule has 0 bridgehead atoms. The minimum absolute atomic E-state index is 0.229. The third-order valence-corrected chi connectivity index (χ3v) is 2.19. The molecule has 0 saturated carbocycles. The Bertz CT molecular complexity index is 147. The fourth-order valence-electron chi connectivity index (χ4n) is 1.51. The van der Waals surface area contributed by atoms with E-state index < -0.39 is 0 Å². The smallest absolute Gasteiger partial charge is 0.133 e. The van der Waals surface area contributed by atoms with E-state index in [1.165, 1.54) is 19.3 Å². The third kappa shape index (κ3) is 3.70. The average molecular weight is 168 g/mol. The average Bonchev–Trinajstić information content (AvgIpc) is 2.14. The zero-order chi connectivity index (χ0) is 8.65. The highest BCUT2D eigenvalue weighted by Gasteiger charge is 2.11. The molecule has 1 aliphatic rings. The van der Waals surface area contributed by atoms with Gasteiger partial charge >= 0.3 is 0 Å². The van der Waals surface area contributed by atoms with E-state index in [2.05, 4.69) is 5.32 Å². The van der Waals surface area contributed by atoms with Crippen LogP contribution in [0.4, 0.5) is 0 Å². The molecule has 1 fully saturated rings. The van der Waals surface area contributed by atoms with Crippen molar-refractivity contribution < 1.29 is 4.74 Å². The SMILES string of the molecule is N#CCOCCC1CCCCN1. The summed E-state index contributed by atoms with van der Waals surface area (Å²) >= 11 is 0. The van der Waals surface area contributed by atoms with Crippen LogP contribution in [0.25, 0.3) is 0 Å². The number of ether oxygens (including phenoxy) is 1. The molecule has 1 N–H and O–H groups in total. The summed E-state index contributed by atoms with van der Waals surface area (Å²) in [4.78, 5) is 0. The van der Waals surface area contributed by atoms with Crippen LogP contribution in [-0.2, 0) is 4.74 Å². The third-order valence-electron chi connectivity index (χ3n) is 2.19. The van der Waals surface area contributed by atoms with E-state index in [4.69, 9.17) is 10.00 Å². The van der Waals surface area contributed by atoms with Crippen molar-refractivity contribution in [1.82, 2.24) is 5.32 Å². The normalized spacial score (nSPS) is 23.4. The van der Waals surface area contributed by atoms with Crippen LogP contribution in [0.2, 0.25) is 0 Å². The van der Waals surface area contributed by atoms with E-state index >= 15 is 0 Å². The topological polar surface area (TPSA) is 45.0 Å². The number of hydrogen-bond acceptors (Lipinski definition) is 3. The first-order valence-corrected chi connectivity index (χ1v) is 4.61. The molecule has 0 spiro atoms. The quantitative estimate of drug-likeness (QED) is 0.638. The lowest BCUT2D eigenvalue weighted by Crippen LogP contribution is -2.34. The summed E-state index contributed by atoms with van der Waals surface area (Å²) in [5.74, 6) is 0. The Morgan fingerprint density at radius 3 is 3.08 bits per heavy atom. The molecule has 3 heteroatoms. The molecule has 0 aromatic rings. The number of rotatable bonds is 4. The highest BCUT2D eigenvalue weighted by atomic mass is 16.5. The zero-order valence-electron chi connectivity index (χ0n) is 7.38. The minimum atomic E-state index is 0.229. The maximum absolute atomic E-state index is 8.21. The van der Waals surface area contributed by atoms with E-state index in [0.29, 0.717) is 12.6 Å². The van der Waals surface area contributed by atoms with Crippen LogP contribution in [0.3, 0.4) is 0 Å². The number of nitriles is 1. The molecule has 3 nitrogen and oxygen atoms in total. The van der Waals surface area contributed by atoms with Crippen molar-refractivity contribution in [3.8, 4) is 6.07 Å². The molecule has 1 atom stereocenters. The fraction of sp³-hybridized carbons (Fsp3) is 0.889. The molecule has 12 heavy (non-hydrogen) atoms. The van der Waals surface area contributed by atoms with Crippen molar-refractivity contribution in [3.05, 3.63) is 0 Å². The number of piperidine rings is 1. The maximum atomic E-state index is 8.21. The lowest BCUT2D eigenvalue weighted by atomic mass is 10.0. The second-order valence-electron chi connectivity index (χ2n) is 3.15. The van der Waals surface area contributed by atoms with Gasteiger partial charge in [-0.15, -0.1) is 0 Å². The summed E-state index contributed by atoms with van der Waals surface area (Å²) in [6.07, 6.45) is 4.93. The first-order valence-electron chi connectivity index (χ1n) is 4.61.